The number of aliphatic hydroxyl groups excluding tert-OH is 2. The molecule has 17 heavy (non-hydrogen) atoms. The van der Waals surface area contributed by atoms with Crippen molar-refractivity contribution in [2.24, 2.45) is 28.1 Å². The minimum atomic E-state index is -0.205. The van der Waals surface area contributed by atoms with Gasteiger partial charge >= 0.3 is 0 Å². The van der Waals surface area contributed by atoms with Gasteiger partial charge in [0.05, 0.1) is 6.10 Å². The van der Waals surface area contributed by atoms with Gasteiger partial charge in [0, 0.05) is 6.61 Å². The van der Waals surface area contributed by atoms with Crippen molar-refractivity contribution in [1.82, 2.24) is 0 Å². The molecule has 0 aromatic rings. The van der Waals surface area contributed by atoms with Gasteiger partial charge in [-0.05, 0) is 53.8 Å². The Morgan fingerprint density at radius 3 is 2.41 bits per heavy atom. The highest BCUT2D eigenvalue weighted by molar-refractivity contribution is 5.19. The van der Waals surface area contributed by atoms with Crippen LogP contribution in [0.3, 0.4) is 0 Å². The lowest BCUT2D eigenvalue weighted by molar-refractivity contribution is -0.0768. The van der Waals surface area contributed by atoms with Crippen molar-refractivity contribution in [1.29, 1.82) is 0 Å². The third kappa shape index (κ3) is 1.14. The molecular formula is C15H26O2. The van der Waals surface area contributed by atoms with Crippen molar-refractivity contribution in [3.8, 4) is 0 Å². The van der Waals surface area contributed by atoms with E-state index in [0.29, 0.717) is 17.3 Å². The maximum Gasteiger partial charge on any atom is 0.0636 e. The summed E-state index contributed by atoms with van der Waals surface area (Å²) in [7, 11) is 0. The Labute approximate surface area is 104 Å². The summed E-state index contributed by atoms with van der Waals surface area (Å²) in [4.78, 5) is 0. The van der Waals surface area contributed by atoms with Crippen LogP contribution in [0.1, 0.15) is 52.9 Å². The van der Waals surface area contributed by atoms with Gasteiger partial charge in [0.25, 0.3) is 0 Å². The second-order valence-corrected chi connectivity index (χ2v) is 7.62. The van der Waals surface area contributed by atoms with E-state index in [4.69, 9.17) is 0 Å². The molecule has 0 amide bonds. The molecule has 0 aromatic heterocycles. The monoisotopic (exact) mass is 238 g/mol. The summed E-state index contributed by atoms with van der Waals surface area (Å²) in [6.07, 6.45) is 5.74. The highest BCUT2D eigenvalue weighted by Gasteiger charge is 2.71. The SMILES string of the molecule is CC12CCC3C(C1O)[C@@](C)(CO)CCCC32C. The predicted octanol–water partition coefficient (Wildman–Crippen LogP) is 2.58. The summed E-state index contributed by atoms with van der Waals surface area (Å²) in [5.41, 5.74) is 0.350. The summed E-state index contributed by atoms with van der Waals surface area (Å²) < 4.78 is 0. The van der Waals surface area contributed by atoms with Crippen LogP contribution in [0.5, 0.6) is 0 Å². The second kappa shape index (κ2) is 3.27. The van der Waals surface area contributed by atoms with Crippen LogP contribution >= 0.6 is 0 Å². The van der Waals surface area contributed by atoms with E-state index in [2.05, 4.69) is 20.8 Å². The molecule has 3 saturated carbocycles. The van der Waals surface area contributed by atoms with E-state index in [-0.39, 0.29) is 23.5 Å². The second-order valence-electron chi connectivity index (χ2n) is 7.62. The van der Waals surface area contributed by atoms with Gasteiger partial charge in [-0.25, -0.2) is 0 Å². The van der Waals surface area contributed by atoms with Crippen LogP contribution in [0.4, 0.5) is 0 Å². The van der Waals surface area contributed by atoms with Gasteiger partial charge in [-0.1, -0.05) is 27.2 Å². The lowest BCUT2D eigenvalue weighted by Gasteiger charge is -2.45. The fraction of sp³-hybridized carbons (Fsp3) is 1.00. The van der Waals surface area contributed by atoms with E-state index in [9.17, 15) is 10.2 Å². The predicted molar refractivity (Wildman–Crippen MR) is 67.5 cm³/mol. The Kier molecular flexibility index (Phi) is 2.30. The van der Waals surface area contributed by atoms with E-state index in [1.807, 2.05) is 0 Å². The highest BCUT2D eigenvalue weighted by Crippen LogP contribution is 2.74. The molecule has 3 aliphatic rings. The Bertz CT molecular complexity index is 342. The Hall–Kier alpha value is -0.0800. The zero-order chi connectivity index (χ0) is 12.5. The van der Waals surface area contributed by atoms with E-state index < -0.39 is 0 Å². The molecule has 0 aliphatic heterocycles. The first-order chi connectivity index (χ1) is 7.89. The molecule has 3 rings (SSSR count). The average Bonchev–Trinajstić information content (AvgIpc) is 2.57. The zero-order valence-electron chi connectivity index (χ0n) is 11.4. The number of rotatable bonds is 1. The fourth-order valence-electron chi connectivity index (χ4n) is 5.71. The van der Waals surface area contributed by atoms with E-state index >= 15 is 0 Å². The highest BCUT2D eigenvalue weighted by atomic mass is 16.3. The Morgan fingerprint density at radius 2 is 1.76 bits per heavy atom. The van der Waals surface area contributed by atoms with Crippen molar-refractivity contribution >= 4 is 0 Å². The summed E-state index contributed by atoms with van der Waals surface area (Å²) >= 11 is 0. The van der Waals surface area contributed by atoms with Gasteiger partial charge in [-0.2, -0.15) is 0 Å². The summed E-state index contributed by atoms with van der Waals surface area (Å²) in [6, 6.07) is 0. The summed E-state index contributed by atoms with van der Waals surface area (Å²) in [5.74, 6) is 0.945. The standard InChI is InChI=1S/C15H26O2/c1-13(9-16)6-4-7-14(2)10-5-8-15(14,3)12(17)11(10)13/h10-12,16-17H,4-9H2,1-3H3/t10?,11?,12?,13-,14?,15?/m1/s1. The van der Waals surface area contributed by atoms with E-state index in [1.54, 1.807) is 0 Å². The normalized spacial score (nSPS) is 61.6. The zero-order valence-corrected chi connectivity index (χ0v) is 11.4. The number of hydrogen-bond donors (Lipinski definition) is 2. The maximum absolute atomic E-state index is 10.8. The van der Waals surface area contributed by atoms with Gasteiger partial charge in [-0.3, -0.25) is 0 Å². The van der Waals surface area contributed by atoms with Crippen molar-refractivity contribution in [2.45, 2.75) is 59.0 Å². The molecular weight excluding hydrogens is 212 g/mol. The van der Waals surface area contributed by atoms with Gasteiger partial charge in [0.1, 0.15) is 0 Å². The molecule has 0 saturated heterocycles. The summed E-state index contributed by atoms with van der Waals surface area (Å²) in [6.45, 7) is 7.12. The van der Waals surface area contributed by atoms with E-state index in [1.165, 1.54) is 25.7 Å². The number of hydrogen-bond acceptors (Lipinski definition) is 2. The minimum Gasteiger partial charge on any atom is -0.396 e. The molecule has 2 nitrogen and oxygen atoms in total. The van der Waals surface area contributed by atoms with Gasteiger partial charge in [-0.15, -0.1) is 0 Å². The fourth-order valence-corrected chi connectivity index (χ4v) is 5.71. The molecule has 6 atom stereocenters. The minimum absolute atomic E-state index is 0.0555. The topological polar surface area (TPSA) is 40.5 Å². The van der Waals surface area contributed by atoms with Crippen LogP contribution in [0.25, 0.3) is 0 Å². The van der Waals surface area contributed by atoms with Crippen LogP contribution in [0.2, 0.25) is 0 Å². The largest absolute Gasteiger partial charge is 0.396 e. The van der Waals surface area contributed by atoms with Crippen molar-refractivity contribution in [3.05, 3.63) is 0 Å². The molecule has 3 aliphatic carbocycles. The molecule has 0 heterocycles. The molecule has 5 unspecified atom stereocenters. The first-order valence-corrected chi connectivity index (χ1v) is 7.18. The molecule has 2 N–H and O–H groups in total. The molecule has 0 aromatic carbocycles. The third-order valence-corrected chi connectivity index (χ3v) is 7.13. The quantitative estimate of drug-likeness (QED) is 0.737. The summed E-state index contributed by atoms with van der Waals surface area (Å²) in [5, 5.41) is 20.6. The molecule has 2 heteroatoms. The molecule has 98 valence electrons. The first kappa shape index (κ1) is 12.0. The Balaban J connectivity index is 2.10. The van der Waals surface area contributed by atoms with Crippen LogP contribution in [-0.4, -0.2) is 22.9 Å². The molecule has 0 radical (unpaired) electrons. The maximum atomic E-state index is 10.8. The van der Waals surface area contributed by atoms with Gasteiger partial charge < -0.3 is 10.2 Å². The van der Waals surface area contributed by atoms with Crippen molar-refractivity contribution in [3.63, 3.8) is 0 Å². The van der Waals surface area contributed by atoms with Gasteiger partial charge in [0.15, 0.2) is 0 Å². The molecule has 3 fully saturated rings. The lowest BCUT2D eigenvalue weighted by atomic mass is 9.62. The third-order valence-electron chi connectivity index (χ3n) is 7.13. The van der Waals surface area contributed by atoms with Crippen LogP contribution in [0, 0.1) is 28.1 Å². The van der Waals surface area contributed by atoms with Crippen molar-refractivity contribution in [2.75, 3.05) is 6.61 Å². The van der Waals surface area contributed by atoms with E-state index in [0.717, 1.165) is 6.42 Å². The van der Waals surface area contributed by atoms with Gasteiger partial charge in [0.2, 0.25) is 0 Å². The average molecular weight is 238 g/mol. The van der Waals surface area contributed by atoms with Crippen LogP contribution in [0.15, 0.2) is 0 Å². The van der Waals surface area contributed by atoms with Crippen LogP contribution in [-0.2, 0) is 0 Å². The first-order valence-electron chi connectivity index (χ1n) is 7.18. The van der Waals surface area contributed by atoms with Crippen molar-refractivity contribution < 1.29 is 10.2 Å². The van der Waals surface area contributed by atoms with Crippen LogP contribution < -0.4 is 0 Å². The Morgan fingerprint density at radius 1 is 1.06 bits per heavy atom. The molecule has 4 bridgehead atoms. The molecule has 0 spiro atoms. The smallest absolute Gasteiger partial charge is 0.0636 e. The number of aliphatic hydroxyl groups is 2. The lowest BCUT2D eigenvalue weighted by Crippen LogP contribution is -2.46.